The van der Waals surface area contributed by atoms with E-state index in [1.54, 1.807) is 7.11 Å². The van der Waals surface area contributed by atoms with Crippen LogP contribution < -0.4 is 0 Å². The Morgan fingerprint density at radius 2 is 2.38 bits per heavy atom. The van der Waals surface area contributed by atoms with Crippen LogP contribution in [0.1, 0.15) is 23.5 Å². The van der Waals surface area contributed by atoms with Crippen molar-refractivity contribution in [1.82, 2.24) is 0 Å². The number of rotatable bonds is 2. The fourth-order valence-electron chi connectivity index (χ4n) is 2.10. The van der Waals surface area contributed by atoms with Crippen molar-refractivity contribution in [3.8, 4) is 0 Å². The molecule has 1 atom stereocenters. The minimum atomic E-state index is 0.593. The highest BCUT2D eigenvalue weighted by molar-refractivity contribution is 9.10. The number of benzene rings is 1. The zero-order chi connectivity index (χ0) is 9.26. The maximum absolute atomic E-state index is 5.22. The molecule has 0 spiro atoms. The third-order valence-corrected chi connectivity index (χ3v) is 3.37. The summed E-state index contributed by atoms with van der Waals surface area (Å²) in [5.74, 6) is 0.593. The molecule has 2 heteroatoms. The van der Waals surface area contributed by atoms with Crippen molar-refractivity contribution in [3.63, 3.8) is 0 Å². The highest BCUT2D eigenvalue weighted by Crippen LogP contribution is 2.37. The molecule has 70 valence electrons. The van der Waals surface area contributed by atoms with Gasteiger partial charge in [0.05, 0.1) is 6.61 Å². The summed E-state index contributed by atoms with van der Waals surface area (Å²) in [6.07, 6.45) is 2.43. The van der Waals surface area contributed by atoms with Crippen LogP contribution >= 0.6 is 15.9 Å². The fraction of sp³-hybridized carbons (Fsp3) is 0.455. The normalized spacial score (nSPS) is 20.3. The van der Waals surface area contributed by atoms with Gasteiger partial charge < -0.3 is 4.74 Å². The maximum atomic E-state index is 5.22. The molecule has 1 aromatic carbocycles. The average molecular weight is 241 g/mol. The van der Waals surface area contributed by atoms with Crippen LogP contribution in [0.25, 0.3) is 0 Å². The first-order chi connectivity index (χ1) is 6.33. The Morgan fingerprint density at radius 3 is 3.15 bits per heavy atom. The quantitative estimate of drug-likeness (QED) is 0.772. The van der Waals surface area contributed by atoms with Crippen molar-refractivity contribution in [2.75, 3.05) is 13.7 Å². The molecule has 13 heavy (non-hydrogen) atoms. The summed E-state index contributed by atoms with van der Waals surface area (Å²) in [5.41, 5.74) is 2.95. The molecular weight excluding hydrogens is 228 g/mol. The lowest BCUT2D eigenvalue weighted by Crippen LogP contribution is -2.02. The Kier molecular flexibility index (Phi) is 2.70. The molecular formula is C11H13BrO. The third-order valence-electron chi connectivity index (χ3n) is 2.68. The largest absolute Gasteiger partial charge is 0.384 e. The first-order valence-corrected chi connectivity index (χ1v) is 5.38. The summed E-state index contributed by atoms with van der Waals surface area (Å²) in [6, 6.07) is 6.45. The van der Waals surface area contributed by atoms with Gasteiger partial charge in [0.15, 0.2) is 0 Å². The molecule has 0 saturated heterocycles. The van der Waals surface area contributed by atoms with E-state index in [-0.39, 0.29) is 0 Å². The van der Waals surface area contributed by atoms with E-state index >= 15 is 0 Å². The van der Waals surface area contributed by atoms with Crippen LogP contribution in [0.2, 0.25) is 0 Å². The van der Waals surface area contributed by atoms with Gasteiger partial charge in [0.25, 0.3) is 0 Å². The molecule has 0 bridgehead atoms. The van der Waals surface area contributed by atoms with E-state index in [1.165, 1.54) is 28.4 Å². The molecule has 0 aromatic heterocycles. The maximum Gasteiger partial charge on any atom is 0.0531 e. The van der Waals surface area contributed by atoms with E-state index in [4.69, 9.17) is 4.74 Å². The van der Waals surface area contributed by atoms with Crippen molar-refractivity contribution in [2.24, 2.45) is 0 Å². The lowest BCUT2D eigenvalue weighted by molar-refractivity contribution is 0.179. The average Bonchev–Trinajstić information content (AvgIpc) is 2.51. The molecule has 0 N–H and O–H groups in total. The van der Waals surface area contributed by atoms with Crippen LogP contribution in [0.3, 0.4) is 0 Å². The molecule has 2 rings (SSSR count). The predicted molar refractivity (Wildman–Crippen MR) is 57.1 cm³/mol. The third kappa shape index (κ3) is 1.65. The Labute approximate surface area is 87.2 Å². The molecule has 1 aromatic rings. The van der Waals surface area contributed by atoms with Gasteiger partial charge in [-0.2, -0.15) is 0 Å². The second kappa shape index (κ2) is 3.81. The van der Waals surface area contributed by atoms with Gasteiger partial charge in [0.2, 0.25) is 0 Å². The SMILES string of the molecule is COCC1CCc2cccc(Br)c21. The van der Waals surface area contributed by atoms with Gasteiger partial charge in [0.1, 0.15) is 0 Å². The van der Waals surface area contributed by atoms with Crippen LogP contribution in [-0.4, -0.2) is 13.7 Å². The molecule has 0 amide bonds. The number of halogens is 1. The molecule has 0 aliphatic heterocycles. The number of methoxy groups -OCH3 is 1. The Bertz CT molecular complexity index is 307. The first-order valence-electron chi connectivity index (χ1n) is 4.59. The van der Waals surface area contributed by atoms with Gasteiger partial charge in [-0.1, -0.05) is 28.1 Å². The molecule has 0 saturated carbocycles. The number of hydrogen-bond donors (Lipinski definition) is 0. The molecule has 0 heterocycles. The van der Waals surface area contributed by atoms with Gasteiger partial charge in [-0.25, -0.2) is 0 Å². The predicted octanol–water partition coefficient (Wildman–Crippen LogP) is 3.13. The molecule has 0 radical (unpaired) electrons. The van der Waals surface area contributed by atoms with Crippen molar-refractivity contribution < 1.29 is 4.74 Å². The van der Waals surface area contributed by atoms with Crippen LogP contribution in [-0.2, 0) is 11.2 Å². The minimum Gasteiger partial charge on any atom is -0.384 e. The Hall–Kier alpha value is -0.340. The topological polar surface area (TPSA) is 9.23 Å². The van der Waals surface area contributed by atoms with E-state index in [1.807, 2.05) is 0 Å². The molecule has 1 aliphatic carbocycles. The van der Waals surface area contributed by atoms with Crippen LogP contribution in [0, 0.1) is 0 Å². The van der Waals surface area contributed by atoms with Gasteiger partial charge in [0, 0.05) is 17.5 Å². The highest BCUT2D eigenvalue weighted by Gasteiger charge is 2.23. The zero-order valence-electron chi connectivity index (χ0n) is 7.72. The van der Waals surface area contributed by atoms with E-state index < -0.39 is 0 Å². The van der Waals surface area contributed by atoms with Gasteiger partial charge in [-0.05, 0) is 30.0 Å². The summed E-state index contributed by atoms with van der Waals surface area (Å²) in [5, 5.41) is 0. The number of fused-ring (bicyclic) bond motifs is 1. The minimum absolute atomic E-state index is 0.593. The second-order valence-corrected chi connectivity index (χ2v) is 4.36. The van der Waals surface area contributed by atoms with E-state index in [0.29, 0.717) is 5.92 Å². The number of hydrogen-bond acceptors (Lipinski definition) is 1. The van der Waals surface area contributed by atoms with E-state index in [2.05, 4.69) is 34.1 Å². The molecule has 0 fully saturated rings. The fourth-order valence-corrected chi connectivity index (χ4v) is 2.83. The van der Waals surface area contributed by atoms with Crippen LogP contribution in [0.5, 0.6) is 0 Å². The van der Waals surface area contributed by atoms with E-state index in [9.17, 15) is 0 Å². The number of aryl methyl sites for hydroxylation is 1. The molecule has 1 nitrogen and oxygen atoms in total. The second-order valence-electron chi connectivity index (χ2n) is 3.50. The van der Waals surface area contributed by atoms with Crippen molar-refractivity contribution in [2.45, 2.75) is 18.8 Å². The zero-order valence-corrected chi connectivity index (χ0v) is 9.30. The van der Waals surface area contributed by atoms with Gasteiger partial charge >= 0.3 is 0 Å². The Balaban J connectivity index is 2.34. The first kappa shape index (κ1) is 9.22. The summed E-state index contributed by atoms with van der Waals surface area (Å²) < 4.78 is 6.46. The Morgan fingerprint density at radius 1 is 1.54 bits per heavy atom. The molecule has 1 aliphatic rings. The van der Waals surface area contributed by atoms with Crippen molar-refractivity contribution in [1.29, 1.82) is 0 Å². The van der Waals surface area contributed by atoms with Crippen molar-refractivity contribution in [3.05, 3.63) is 33.8 Å². The van der Waals surface area contributed by atoms with Crippen molar-refractivity contribution >= 4 is 15.9 Å². The lowest BCUT2D eigenvalue weighted by Gasteiger charge is -2.11. The van der Waals surface area contributed by atoms with E-state index in [0.717, 1.165) is 6.61 Å². The summed E-state index contributed by atoms with van der Waals surface area (Å²) in [4.78, 5) is 0. The van der Waals surface area contributed by atoms with Gasteiger partial charge in [-0.15, -0.1) is 0 Å². The summed E-state index contributed by atoms with van der Waals surface area (Å²) in [6.45, 7) is 0.843. The summed E-state index contributed by atoms with van der Waals surface area (Å²) in [7, 11) is 1.77. The monoisotopic (exact) mass is 240 g/mol. The number of ether oxygens (including phenoxy) is 1. The molecule has 1 unspecified atom stereocenters. The van der Waals surface area contributed by atoms with Crippen LogP contribution in [0.4, 0.5) is 0 Å². The van der Waals surface area contributed by atoms with Crippen LogP contribution in [0.15, 0.2) is 22.7 Å². The summed E-state index contributed by atoms with van der Waals surface area (Å²) >= 11 is 3.60. The van der Waals surface area contributed by atoms with Gasteiger partial charge in [-0.3, -0.25) is 0 Å². The smallest absolute Gasteiger partial charge is 0.0531 e. The highest BCUT2D eigenvalue weighted by atomic mass is 79.9. The lowest BCUT2D eigenvalue weighted by atomic mass is 10.0. The standard InChI is InChI=1S/C11H13BrO/c1-13-7-9-6-5-8-3-2-4-10(12)11(8)9/h2-4,9H,5-7H2,1H3.